The molecule has 2 rings (SSSR count). The fraction of sp³-hybridized carbons (Fsp3) is 0.600. The molecular formula is C15H24ClN5. The highest BCUT2D eigenvalue weighted by atomic mass is 35.5. The van der Waals surface area contributed by atoms with Crippen molar-refractivity contribution in [3.63, 3.8) is 0 Å². The normalized spacial score (nSPS) is 14.6. The van der Waals surface area contributed by atoms with Crippen LogP contribution >= 0.6 is 11.6 Å². The lowest BCUT2D eigenvalue weighted by Gasteiger charge is -2.22. The summed E-state index contributed by atoms with van der Waals surface area (Å²) in [5.74, 6) is 0.361. The van der Waals surface area contributed by atoms with Gasteiger partial charge in [0.25, 0.3) is 0 Å². The summed E-state index contributed by atoms with van der Waals surface area (Å²) in [6, 6.07) is 2.50. The molecule has 0 saturated carbocycles. The molecule has 116 valence electrons. The molecule has 2 aromatic rings. The average molecular weight is 310 g/mol. The molecule has 2 heterocycles. The van der Waals surface area contributed by atoms with Crippen molar-refractivity contribution in [2.24, 2.45) is 7.05 Å². The Hall–Kier alpha value is -1.33. The van der Waals surface area contributed by atoms with Crippen molar-refractivity contribution >= 4 is 11.6 Å². The predicted octanol–water partition coefficient (Wildman–Crippen LogP) is 3.13. The van der Waals surface area contributed by atoms with Crippen LogP contribution in [0.4, 0.5) is 0 Å². The highest BCUT2D eigenvalue weighted by Gasteiger charge is 2.19. The van der Waals surface area contributed by atoms with E-state index in [1.165, 1.54) is 0 Å². The summed E-state index contributed by atoms with van der Waals surface area (Å²) in [5.41, 5.74) is 2.16. The van der Waals surface area contributed by atoms with Crippen LogP contribution in [0.25, 0.3) is 0 Å². The molecule has 2 aromatic heterocycles. The Morgan fingerprint density at radius 1 is 1.29 bits per heavy atom. The highest BCUT2D eigenvalue weighted by Crippen LogP contribution is 2.25. The van der Waals surface area contributed by atoms with Gasteiger partial charge in [-0.1, -0.05) is 25.4 Å². The van der Waals surface area contributed by atoms with Crippen molar-refractivity contribution in [3.05, 3.63) is 34.9 Å². The third kappa shape index (κ3) is 3.47. The summed E-state index contributed by atoms with van der Waals surface area (Å²) < 4.78 is 3.71. The number of nitrogens with zero attached hydrogens (tertiary/aromatic N) is 4. The summed E-state index contributed by atoms with van der Waals surface area (Å²) in [6.45, 7) is 9.30. The summed E-state index contributed by atoms with van der Waals surface area (Å²) in [4.78, 5) is 0. The van der Waals surface area contributed by atoms with Gasteiger partial charge in [-0.3, -0.25) is 9.36 Å². The van der Waals surface area contributed by atoms with Gasteiger partial charge in [-0.15, -0.1) is 0 Å². The van der Waals surface area contributed by atoms with Gasteiger partial charge in [0.15, 0.2) is 0 Å². The van der Waals surface area contributed by atoms with Crippen LogP contribution in [0.3, 0.4) is 0 Å². The molecule has 0 unspecified atom stereocenters. The Morgan fingerprint density at radius 3 is 2.57 bits per heavy atom. The Balaban J connectivity index is 2.06. The first-order valence-corrected chi connectivity index (χ1v) is 7.73. The quantitative estimate of drug-likeness (QED) is 0.892. The van der Waals surface area contributed by atoms with Crippen LogP contribution in [0, 0.1) is 0 Å². The molecule has 0 amide bonds. The maximum atomic E-state index is 6.36. The second kappa shape index (κ2) is 6.62. The number of hydrogen-bond donors (Lipinski definition) is 1. The molecule has 0 radical (unpaired) electrons. The third-order valence-corrected chi connectivity index (χ3v) is 4.39. The van der Waals surface area contributed by atoms with Crippen molar-refractivity contribution in [2.75, 3.05) is 0 Å². The smallest absolute Gasteiger partial charge is 0.131 e. The average Bonchev–Trinajstić information content (AvgIpc) is 3.06. The van der Waals surface area contributed by atoms with Crippen LogP contribution in [-0.2, 0) is 13.6 Å². The fourth-order valence-electron chi connectivity index (χ4n) is 2.38. The Labute approximate surface area is 131 Å². The third-order valence-electron chi connectivity index (χ3n) is 3.91. The lowest BCUT2D eigenvalue weighted by molar-refractivity contribution is 0.364. The summed E-state index contributed by atoms with van der Waals surface area (Å²) >= 11 is 6.36. The van der Waals surface area contributed by atoms with E-state index >= 15 is 0 Å². The maximum Gasteiger partial charge on any atom is 0.131 e. The van der Waals surface area contributed by atoms with Crippen molar-refractivity contribution in [1.82, 2.24) is 24.9 Å². The van der Waals surface area contributed by atoms with E-state index in [1.807, 2.05) is 24.0 Å². The highest BCUT2D eigenvalue weighted by molar-refractivity contribution is 6.30. The molecule has 0 saturated heterocycles. The van der Waals surface area contributed by atoms with Crippen molar-refractivity contribution in [1.29, 1.82) is 0 Å². The van der Waals surface area contributed by atoms with E-state index in [9.17, 15) is 0 Å². The summed E-state index contributed by atoms with van der Waals surface area (Å²) in [6.07, 6.45) is 3.79. The summed E-state index contributed by atoms with van der Waals surface area (Å²) in [5, 5.41) is 13.1. The van der Waals surface area contributed by atoms with E-state index in [-0.39, 0.29) is 12.1 Å². The van der Waals surface area contributed by atoms with Crippen LogP contribution in [0.1, 0.15) is 50.9 Å². The number of hydrogen-bond acceptors (Lipinski definition) is 3. The zero-order valence-electron chi connectivity index (χ0n) is 13.3. The zero-order chi connectivity index (χ0) is 15.6. The summed E-state index contributed by atoms with van der Waals surface area (Å²) in [7, 11) is 1.88. The number of nitrogens with one attached hydrogen (secondary N) is 1. The molecular weight excluding hydrogens is 286 g/mol. The molecule has 0 aromatic carbocycles. The van der Waals surface area contributed by atoms with E-state index in [2.05, 4.69) is 43.2 Å². The van der Waals surface area contributed by atoms with Gasteiger partial charge < -0.3 is 5.32 Å². The molecule has 1 N–H and O–H groups in total. The number of halogens is 1. The van der Waals surface area contributed by atoms with Gasteiger partial charge in [0.1, 0.15) is 5.15 Å². The fourth-order valence-corrected chi connectivity index (χ4v) is 2.58. The Morgan fingerprint density at radius 2 is 2.00 bits per heavy atom. The number of aromatic nitrogens is 4. The van der Waals surface area contributed by atoms with E-state index < -0.39 is 0 Å². The number of aryl methyl sites for hydroxylation is 1. The van der Waals surface area contributed by atoms with Gasteiger partial charge in [-0.2, -0.15) is 10.2 Å². The van der Waals surface area contributed by atoms with Gasteiger partial charge in [-0.25, -0.2) is 0 Å². The van der Waals surface area contributed by atoms with E-state index in [4.69, 9.17) is 11.6 Å². The number of rotatable bonds is 6. The van der Waals surface area contributed by atoms with Gasteiger partial charge in [-0.05, 0) is 25.8 Å². The lowest BCUT2D eigenvalue weighted by atomic mass is 10.1. The molecule has 0 aliphatic carbocycles. The monoisotopic (exact) mass is 309 g/mol. The molecule has 2 atom stereocenters. The van der Waals surface area contributed by atoms with Gasteiger partial charge in [0.05, 0.1) is 11.7 Å². The van der Waals surface area contributed by atoms with Crippen LogP contribution in [0.2, 0.25) is 5.15 Å². The second-order valence-corrected chi connectivity index (χ2v) is 6.19. The molecule has 0 aliphatic heterocycles. The van der Waals surface area contributed by atoms with Gasteiger partial charge in [0, 0.05) is 37.6 Å². The topological polar surface area (TPSA) is 47.7 Å². The minimum atomic E-state index is 0.276. The largest absolute Gasteiger partial charge is 0.308 e. The Bertz CT molecular complexity index is 573. The minimum Gasteiger partial charge on any atom is -0.308 e. The molecule has 0 aliphatic rings. The standard InChI is InChI=1S/C15H24ClN5/c1-10(2)14-13(15(16)20(5)19-14)9-17-11(3)12(4)21-8-6-7-18-21/h6-8,10-12,17H,9H2,1-5H3/t11-,12+/m1/s1. The molecule has 6 heteroatoms. The predicted molar refractivity (Wildman–Crippen MR) is 85.5 cm³/mol. The molecule has 0 fully saturated rings. The minimum absolute atomic E-state index is 0.276. The lowest BCUT2D eigenvalue weighted by Crippen LogP contribution is -2.33. The Kier molecular flexibility index (Phi) is 5.06. The van der Waals surface area contributed by atoms with Gasteiger partial charge >= 0.3 is 0 Å². The van der Waals surface area contributed by atoms with E-state index in [0.29, 0.717) is 17.6 Å². The molecule has 0 bridgehead atoms. The SMILES string of the molecule is CC(C)c1nn(C)c(Cl)c1CN[C@H](C)[C@H](C)n1cccn1. The van der Waals surface area contributed by atoms with Crippen molar-refractivity contribution < 1.29 is 0 Å². The van der Waals surface area contributed by atoms with Crippen molar-refractivity contribution in [3.8, 4) is 0 Å². The van der Waals surface area contributed by atoms with Gasteiger partial charge in [0.2, 0.25) is 0 Å². The first kappa shape index (κ1) is 16.0. The zero-order valence-corrected chi connectivity index (χ0v) is 14.1. The maximum absolute atomic E-state index is 6.36. The molecule has 21 heavy (non-hydrogen) atoms. The first-order chi connectivity index (χ1) is 9.91. The first-order valence-electron chi connectivity index (χ1n) is 7.35. The van der Waals surface area contributed by atoms with Crippen LogP contribution in [0.15, 0.2) is 18.5 Å². The van der Waals surface area contributed by atoms with Crippen LogP contribution < -0.4 is 5.32 Å². The van der Waals surface area contributed by atoms with Crippen molar-refractivity contribution in [2.45, 2.75) is 52.2 Å². The van der Waals surface area contributed by atoms with E-state index in [0.717, 1.165) is 11.3 Å². The second-order valence-electron chi connectivity index (χ2n) is 5.83. The molecule has 0 spiro atoms. The molecule has 5 nitrogen and oxygen atoms in total. The van der Waals surface area contributed by atoms with Crippen LogP contribution in [0.5, 0.6) is 0 Å². The van der Waals surface area contributed by atoms with E-state index in [1.54, 1.807) is 10.9 Å². The van der Waals surface area contributed by atoms with Crippen LogP contribution in [-0.4, -0.2) is 25.6 Å².